The van der Waals surface area contributed by atoms with Gasteiger partial charge < -0.3 is 10.2 Å². The molecule has 0 bridgehead atoms. The van der Waals surface area contributed by atoms with Gasteiger partial charge in [0, 0.05) is 13.2 Å². The second-order valence-electron chi connectivity index (χ2n) is 5.44. The Hall–Kier alpha value is 0.594. The second-order valence-corrected chi connectivity index (χ2v) is 5.44. The van der Waals surface area contributed by atoms with E-state index < -0.39 is 0 Å². The zero-order chi connectivity index (χ0) is 12.4. The summed E-state index contributed by atoms with van der Waals surface area (Å²) in [6.45, 7) is 12.5. The molecule has 5 heteroatoms. The molecule has 0 unspecified atom stereocenters. The summed E-state index contributed by atoms with van der Waals surface area (Å²) in [6.07, 6.45) is 0. The van der Waals surface area contributed by atoms with Gasteiger partial charge in [0.15, 0.2) is 0 Å². The molecule has 0 aliphatic carbocycles. The fourth-order valence-electron chi connectivity index (χ4n) is 0. The van der Waals surface area contributed by atoms with Crippen LogP contribution >= 0.6 is 12.4 Å². The molecule has 0 aliphatic rings. The Balaban J connectivity index is -0.0000000653. The number of hydrogen-bond acceptors (Lipinski definition) is 3. The van der Waals surface area contributed by atoms with E-state index in [0.29, 0.717) is 0 Å². The first-order valence-electron chi connectivity index (χ1n) is 4.52. The van der Waals surface area contributed by atoms with Crippen LogP contribution in [-0.2, 0) is 21.0 Å². The Bertz CT molecular complexity index is 105. The van der Waals surface area contributed by atoms with Crippen molar-refractivity contribution in [3.63, 3.8) is 0 Å². The Morgan fingerprint density at radius 2 is 0.867 bits per heavy atom. The van der Waals surface area contributed by atoms with Crippen molar-refractivity contribution in [2.75, 3.05) is 13.2 Å². The number of aliphatic hydroxyl groups is 2. The van der Waals surface area contributed by atoms with Crippen LogP contribution in [0.5, 0.6) is 0 Å². The van der Waals surface area contributed by atoms with Gasteiger partial charge in [0.1, 0.15) is 0 Å². The second kappa shape index (κ2) is 12.7. The van der Waals surface area contributed by atoms with E-state index in [1.54, 1.807) is 0 Å². The van der Waals surface area contributed by atoms with E-state index >= 15 is 0 Å². The Kier molecular flexibility index (Phi) is 20.9. The van der Waals surface area contributed by atoms with Gasteiger partial charge in [0.05, 0.1) is 0 Å². The van der Waals surface area contributed by atoms with Crippen LogP contribution in [0.4, 0.5) is 0 Å². The van der Waals surface area contributed by atoms with Crippen LogP contribution < -0.4 is 0 Å². The van der Waals surface area contributed by atoms with Crippen LogP contribution in [0.3, 0.4) is 0 Å². The van der Waals surface area contributed by atoms with Crippen molar-refractivity contribution in [3.8, 4) is 0 Å². The molecule has 0 aromatic rings. The molecule has 0 aromatic carbocycles. The topological polar surface area (TPSA) is 57.5 Å². The fraction of sp³-hybridized carbons (Fsp3) is 1.00. The van der Waals surface area contributed by atoms with Crippen LogP contribution in [-0.4, -0.2) is 23.4 Å². The molecule has 0 rings (SSSR count). The molecule has 0 amide bonds. The summed E-state index contributed by atoms with van der Waals surface area (Å²) in [7, 11) is 0. The zero-order valence-electron chi connectivity index (χ0n) is 10.6. The van der Waals surface area contributed by atoms with Crippen LogP contribution in [0.25, 0.3) is 0 Å². The molecule has 0 saturated heterocycles. The van der Waals surface area contributed by atoms with Gasteiger partial charge in [-0.3, -0.25) is 0 Å². The first kappa shape index (κ1) is 24.7. The van der Waals surface area contributed by atoms with Gasteiger partial charge in [0.2, 0.25) is 0 Å². The van der Waals surface area contributed by atoms with Crippen LogP contribution in [0.2, 0.25) is 0 Å². The zero-order valence-corrected chi connectivity index (χ0v) is 12.8. The maximum absolute atomic E-state index is 8.40. The monoisotopic (exact) mass is 279 g/mol. The van der Waals surface area contributed by atoms with E-state index in [4.69, 9.17) is 13.9 Å². The number of hydrogen-bond donors (Lipinski definition) is 2. The molecule has 15 heavy (non-hydrogen) atoms. The third-order valence-corrected chi connectivity index (χ3v) is 0.949. The van der Waals surface area contributed by atoms with Gasteiger partial charge in [-0.1, -0.05) is 41.5 Å². The summed E-state index contributed by atoms with van der Waals surface area (Å²) < 4.78 is 8.19. The Morgan fingerprint density at radius 3 is 0.867 bits per heavy atom. The average Bonchev–Trinajstić information content (AvgIpc) is 2.07. The van der Waals surface area contributed by atoms with E-state index in [1.165, 1.54) is 0 Å². The van der Waals surface area contributed by atoms with Gasteiger partial charge in [-0.15, -0.1) is 12.4 Å². The average molecular weight is 280 g/mol. The quantitative estimate of drug-likeness (QED) is 0.716. The fourth-order valence-corrected chi connectivity index (χ4v) is 0. The van der Waals surface area contributed by atoms with Gasteiger partial charge >= 0.3 is 21.0 Å². The minimum atomic E-state index is 0. The van der Waals surface area contributed by atoms with Gasteiger partial charge in [-0.2, -0.15) is 0 Å². The molecule has 0 fully saturated rings. The predicted octanol–water partition coefficient (Wildman–Crippen LogP) is 2.35. The molecule has 0 heterocycles. The molecule has 0 spiro atoms. The summed E-state index contributed by atoms with van der Waals surface area (Å²) in [6, 6.07) is 0. The van der Waals surface area contributed by atoms with E-state index in [9.17, 15) is 0 Å². The summed E-state index contributed by atoms with van der Waals surface area (Å²) in [5, 5.41) is 16.8. The van der Waals surface area contributed by atoms with E-state index in [1.807, 2.05) is 41.5 Å². The number of halogens is 1. The number of rotatable bonds is 0. The van der Waals surface area contributed by atoms with E-state index in [-0.39, 0.29) is 36.5 Å². The first-order valence-corrected chi connectivity index (χ1v) is 5.09. The van der Waals surface area contributed by atoms with Crippen molar-refractivity contribution in [2.45, 2.75) is 41.5 Å². The Labute approximate surface area is 109 Å². The van der Waals surface area contributed by atoms with Crippen molar-refractivity contribution in [1.29, 1.82) is 0 Å². The van der Waals surface area contributed by atoms with Crippen LogP contribution in [0.15, 0.2) is 0 Å². The maximum atomic E-state index is 8.40. The summed E-state index contributed by atoms with van der Waals surface area (Å²) in [5.74, 6) is 0. The minimum absolute atomic E-state index is 0. The first-order chi connectivity index (χ1) is 6.12. The SMILES string of the molecule is CC(C)(C)CO.CC(C)(C)CO.Cl.[O]=[V]. The molecule has 0 radical (unpaired) electrons. The van der Waals surface area contributed by atoms with Crippen LogP contribution in [0, 0.1) is 10.8 Å². The van der Waals surface area contributed by atoms with Crippen molar-refractivity contribution in [3.05, 3.63) is 0 Å². The third-order valence-electron chi connectivity index (χ3n) is 0.949. The molecule has 0 saturated carbocycles. The van der Waals surface area contributed by atoms with E-state index in [2.05, 4.69) is 0 Å². The molecular weight excluding hydrogens is 255 g/mol. The van der Waals surface area contributed by atoms with Crippen molar-refractivity contribution >= 4 is 12.4 Å². The molecule has 0 aliphatic heterocycles. The standard InChI is InChI=1S/2C5H12O.ClH.O.V/c2*1-5(2,3)4-6;;;/h2*6H,4H2,1-3H3;1H;;. The van der Waals surface area contributed by atoms with E-state index in [0.717, 1.165) is 17.4 Å². The van der Waals surface area contributed by atoms with Crippen LogP contribution in [0.1, 0.15) is 41.5 Å². The normalized spacial score (nSPS) is 9.80. The third kappa shape index (κ3) is 53.2. The molecule has 0 atom stereocenters. The Morgan fingerprint density at radius 1 is 0.800 bits per heavy atom. The molecule has 2 N–H and O–H groups in total. The summed E-state index contributed by atoms with van der Waals surface area (Å²) >= 11 is 1.06. The van der Waals surface area contributed by atoms with Gasteiger partial charge in [-0.05, 0) is 10.8 Å². The molecule has 3 nitrogen and oxygen atoms in total. The van der Waals surface area contributed by atoms with Crippen molar-refractivity contribution in [2.24, 2.45) is 10.8 Å². The summed E-state index contributed by atoms with van der Waals surface area (Å²) in [4.78, 5) is 0. The molecular formula is C10H25ClO3V. The van der Waals surface area contributed by atoms with Gasteiger partial charge in [0.25, 0.3) is 0 Å². The predicted molar refractivity (Wildman–Crippen MR) is 61.0 cm³/mol. The number of aliphatic hydroxyl groups excluding tert-OH is 2. The molecule has 0 aromatic heterocycles. The van der Waals surface area contributed by atoms with Crippen molar-refractivity contribution in [1.82, 2.24) is 0 Å². The van der Waals surface area contributed by atoms with Gasteiger partial charge in [-0.25, -0.2) is 0 Å². The molecule has 95 valence electrons. The van der Waals surface area contributed by atoms with Crippen molar-refractivity contribution < 1.29 is 31.3 Å². The summed E-state index contributed by atoms with van der Waals surface area (Å²) in [5.41, 5.74) is 0.194.